The van der Waals surface area contributed by atoms with Crippen LogP contribution in [0.5, 0.6) is 5.88 Å². The molecule has 9 heteroatoms. The fourth-order valence-corrected chi connectivity index (χ4v) is 4.20. The molecule has 0 aliphatic rings. The van der Waals surface area contributed by atoms with E-state index in [1.165, 1.54) is 31.9 Å². The molecule has 180 valence electrons. The molecule has 2 aromatic carbocycles. The molecule has 0 saturated heterocycles. The Morgan fingerprint density at radius 1 is 1.18 bits per heavy atom. The molecule has 0 amide bonds. The van der Waals surface area contributed by atoms with E-state index in [1.54, 1.807) is 24.3 Å². The average Bonchev–Trinajstić information content (AvgIpc) is 2.75. The summed E-state index contributed by atoms with van der Waals surface area (Å²) in [6.07, 6.45) is 0.155. The quantitative estimate of drug-likeness (QED) is 0.327. The second kappa shape index (κ2) is 10.8. The Bertz CT molecular complexity index is 1150. The number of anilines is 1. The van der Waals surface area contributed by atoms with Crippen molar-refractivity contribution in [3.05, 3.63) is 65.2 Å². The van der Waals surface area contributed by atoms with Crippen molar-refractivity contribution in [2.45, 2.75) is 50.7 Å². The second-order valence-corrected chi connectivity index (χ2v) is 9.59. The minimum Gasteiger partial charge on any atom is -0.478 e. The van der Waals surface area contributed by atoms with Crippen molar-refractivity contribution in [3.63, 3.8) is 0 Å². The molecule has 7 nitrogen and oxygen atoms in total. The molecular weight excluding hydrogens is 455 g/mol. The molecule has 1 atom stereocenters. The van der Waals surface area contributed by atoms with Gasteiger partial charge in [0.05, 0.1) is 11.3 Å². The maximum atomic E-state index is 13.9. The molecule has 3 aromatic rings. The number of nitrogens with two attached hydrogens (primary N) is 1. The molecule has 34 heavy (non-hydrogen) atoms. The number of hydrogen-bond acceptors (Lipinski definition) is 7. The molecule has 3 rings (SSSR count). The van der Waals surface area contributed by atoms with E-state index in [1.807, 2.05) is 32.0 Å². The van der Waals surface area contributed by atoms with Gasteiger partial charge in [0.25, 0.3) is 0 Å². The minimum absolute atomic E-state index is 0.101. The number of carboxylic acid groups (broad SMARTS) is 1. The van der Waals surface area contributed by atoms with Gasteiger partial charge in [-0.15, -0.1) is 0 Å². The summed E-state index contributed by atoms with van der Waals surface area (Å²) >= 11 is 1.19. The SMILES string of the molecule is Cc1cccc(C)c1-c1cc(OCC(N)CC(C)(C)F)nc(NSc2cccc(C(=O)O)c2)n1. The third kappa shape index (κ3) is 7.16. The number of aryl methyl sites for hydroxylation is 2. The Morgan fingerprint density at radius 3 is 2.50 bits per heavy atom. The molecule has 0 bridgehead atoms. The van der Waals surface area contributed by atoms with Gasteiger partial charge in [-0.3, -0.25) is 4.72 Å². The fraction of sp³-hybridized carbons (Fsp3) is 0.320. The lowest BCUT2D eigenvalue weighted by atomic mass is 10.00. The Balaban J connectivity index is 1.88. The van der Waals surface area contributed by atoms with Crippen LogP contribution in [0.2, 0.25) is 0 Å². The van der Waals surface area contributed by atoms with E-state index in [0.717, 1.165) is 16.7 Å². The van der Waals surface area contributed by atoms with Crippen molar-refractivity contribution >= 4 is 23.9 Å². The average molecular weight is 485 g/mol. The number of rotatable bonds is 10. The summed E-state index contributed by atoms with van der Waals surface area (Å²) in [7, 11) is 0. The van der Waals surface area contributed by atoms with Crippen molar-refractivity contribution in [2.24, 2.45) is 5.73 Å². The normalized spacial score (nSPS) is 12.3. The van der Waals surface area contributed by atoms with Crippen LogP contribution < -0.4 is 15.2 Å². The van der Waals surface area contributed by atoms with Crippen molar-refractivity contribution in [1.29, 1.82) is 0 Å². The first-order chi connectivity index (χ1) is 16.0. The third-order valence-corrected chi connectivity index (χ3v) is 5.75. The molecule has 1 heterocycles. The number of nitrogens with one attached hydrogen (secondary N) is 1. The summed E-state index contributed by atoms with van der Waals surface area (Å²) in [6.45, 7) is 7.07. The summed E-state index contributed by atoms with van der Waals surface area (Å²) in [5.74, 6) is -0.401. The monoisotopic (exact) mass is 484 g/mol. The number of halogens is 1. The molecule has 0 spiro atoms. The Labute approximate surface area is 203 Å². The lowest BCUT2D eigenvalue weighted by molar-refractivity contribution is 0.0696. The lowest BCUT2D eigenvalue weighted by Crippen LogP contribution is -2.34. The smallest absolute Gasteiger partial charge is 0.335 e. The van der Waals surface area contributed by atoms with Gasteiger partial charge in [0.2, 0.25) is 11.8 Å². The summed E-state index contributed by atoms with van der Waals surface area (Å²) in [6, 6.07) is 13.8. The van der Waals surface area contributed by atoms with Gasteiger partial charge in [-0.2, -0.15) is 4.98 Å². The van der Waals surface area contributed by atoms with Crippen molar-refractivity contribution in [3.8, 4) is 17.1 Å². The molecule has 1 unspecified atom stereocenters. The van der Waals surface area contributed by atoms with E-state index < -0.39 is 17.7 Å². The van der Waals surface area contributed by atoms with E-state index in [-0.39, 0.29) is 18.6 Å². The molecule has 0 fully saturated rings. The zero-order valence-electron chi connectivity index (χ0n) is 19.6. The predicted octanol–water partition coefficient (Wildman–Crippen LogP) is 5.42. The van der Waals surface area contributed by atoms with Crippen LogP contribution in [0, 0.1) is 13.8 Å². The van der Waals surface area contributed by atoms with Gasteiger partial charge in [-0.05, 0) is 75.4 Å². The summed E-state index contributed by atoms with van der Waals surface area (Å²) in [4.78, 5) is 21.0. The van der Waals surface area contributed by atoms with Gasteiger partial charge in [0.15, 0.2) is 0 Å². The van der Waals surface area contributed by atoms with Crippen LogP contribution in [0.3, 0.4) is 0 Å². The van der Waals surface area contributed by atoms with Crippen LogP contribution in [0.15, 0.2) is 53.4 Å². The summed E-state index contributed by atoms with van der Waals surface area (Å²) in [5, 5.41) is 9.22. The van der Waals surface area contributed by atoms with Gasteiger partial charge < -0.3 is 15.6 Å². The highest BCUT2D eigenvalue weighted by atomic mass is 32.2. The maximum Gasteiger partial charge on any atom is 0.335 e. The Kier molecular flexibility index (Phi) is 8.11. The zero-order chi connectivity index (χ0) is 24.9. The van der Waals surface area contributed by atoms with Crippen molar-refractivity contribution in [2.75, 3.05) is 11.3 Å². The van der Waals surface area contributed by atoms with Gasteiger partial charge in [-0.25, -0.2) is 14.2 Å². The van der Waals surface area contributed by atoms with Crippen LogP contribution in [-0.2, 0) is 0 Å². The fourth-order valence-electron chi connectivity index (χ4n) is 3.56. The van der Waals surface area contributed by atoms with Gasteiger partial charge >= 0.3 is 5.97 Å². The highest BCUT2D eigenvalue weighted by Crippen LogP contribution is 2.30. The number of carbonyl (C=O) groups is 1. The Hall–Kier alpha value is -3.17. The second-order valence-electron chi connectivity index (χ2n) is 8.71. The van der Waals surface area contributed by atoms with Crippen LogP contribution in [-0.4, -0.2) is 39.4 Å². The number of carboxylic acids is 1. The first kappa shape index (κ1) is 25.5. The van der Waals surface area contributed by atoms with Crippen molar-refractivity contribution in [1.82, 2.24) is 9.97 Å². The number of alkyl halides is 1. The number of benzene rings is 2. The molecule has 0 saturated carbocycles. The predicted molar refractivity (Wildman–Crippen MR) is 133 cm³/mol. The topological polar surface area (TPSA) is 110 Å². The van der Waals surface area contributed by atoms with Gasteiger partial charge in [0, 0.05) is 22.6 Å². The standard InChI is InChI=1S/C25H29FN4O3S/c1-15-7-5-8-16(2)22(15)20-12-21(33-14-18(27)13-25(3,4)26)29-24(28-20)30-34-19-10-6-9-17(11-19)23(31)32/h5-12,18H,13-14,27H2,1-4H3,(H,31,32)(H,28,29,30). The van der Waals surface area contributed by atoms with E-state index in [4.69, 9.17) is 10.5 Å². The van der Waals surface area contributed by atoms with E-state index >= 15 is 0 Å². The first-order valence-electron chi connectivity index (χ1n) is 10.8. The number of nitrogens with zero attached hydrogens (tertiary/aromatic N) is 2. The highest BCUT2D eigenvalue weighted by molar-refractivity contribution is 8.00. The molecule has 4 N–H and O–H groups in total. The molecule has 0 radical (unpaired) electrons. The van der Waals surface area contributed by atoms with E-state index in [0.29, 0.717) is 22.4 Å². The summed E-state index contributed by atoms with van der Waals surface area (Å²) in [5.41, 5.74) is 8.56. The van der Waals surface area contributed by atoms with E-state index in [9.17, 15) is 14.3 Å². The van der Waals surface area contributed by atoms with Crippen LogP contribution in [0.4, 0.5) is 10.3 Å². The lowest BCUT2D eigenvalue weighted by Gasteiger charge is -2.20. The van der Waals surface area contributed by atoms with Crippen LogP contribution in [0.25, 0.3) is 11.3 Å². The van der Waals surface area contributed by atoms with Crippen molar-refractivity contribution < 1.29 is 19.0 Å². The van der Waals surface area contributed by atoms with Crippen LogP contribution in [0.1, 0.15) is 41.8 Å². The number of hydrogen-bond donors (Lipinski definition) is 3. The minimum atomic E-state index is -1.40. The number of aromatic nitrogens is 2. The Morgan fingerprint density at radius 2 is 1.85 bits per heavy atom. The number of aromatic carboxylic acids is 1. The first-order valence-corrected chi connectivity index (χ1v) is 11.6. The third-order valence-electron chi connectivity index (χ3n) is 4.97. The van der Waals surface area contributed by atoms with Gasteiger partial charge in [-0.1, -0.05) is 24.3 Å². The molecule has 1 aromatic heterocycles. The highest BCUT2D eigenvalue weighted by Gasteiger charge is 2.21. The van der Waals surface area contributed by atoms with Gasteiger partial charge in [0.1, 0.15) is 12.3 Å². The van der Waals surface area contributed by atoms with Crippen LogP contribution >= 0.6 is 11.9 Å². The maximum absolute atomic E-state index is 13.9. The zero-order valence-corrected chi connectivity index (χ0v) is 20.4. The largest absolute Gasteiger partial charge is 0.478 e. The number of ether oxygens (including phenoxy) is 1. The summed E-state index contributed by atoms with van der Waals surface area (Å²) < 4.78 is 22.8. The molecule has 0 aliphatic heterocycles. The molecular formula is C25H29FN4O3S. The molecule has 0 aliphatic carbocycles. The van der Waals surface area contributed by atoms with E-state index in [2.05, 4.69) is 14.7 Å².